The first-order valence-corrected chi connectivity index (χ1v) is 7.87. The summed E-state index contributed by atoms with van der Waals surface area (Å²) >= 11 is 0. The van der Waals surface area contributed by atoms with Gasteiger partial charge in [-0.3, -0.25) is 0 Å². The SMILES string of the molecule is CC(C)CC(C)CC(O)C1CC2CCC(C1)N2C. The van der Waals surface area contributed by atoms with E-state index in [0.29, 0.717) is 11.8 Å². The molecule has 4 unspecified atom stereocenters. The van der Waals surface area contributed by atoms with Crippen molar-refractivity contribution in [3.8, 4) is 0 Å². The van der Waals surface area contributed by atoms with Crippen LogP contribution in [0.2, 0.25) is 0 Å². The van der Waals surface area contributed by atoms with Gasteiger partial charge in [0, 0.05) is 12.1 Å². The molecule has 2 heteroatoms. The number of aliphatic hydroxyl groups excluding tert-OH is 1. The molecule has 0 aromatic heterocycles. The van der Waals surface area contributed by atoms with E-state index in [4.69, 9.17) is 0 Å². The Hall–Kier alpha value is -0.0800. The molecule has 106 valence electrons. The molecule has 4 atom stereocenters. The van der Waals surface area contributed by atoms with E-state index < -0.39 is 0 Å². The third kappa shape index (κ3) is 3.27. The Bertz CT molecular complexity index is 252. The molecule has 0 saturated carbocycles. The zero-order valence-corrected chi connectivity index (χ0v) is 12.6. The van der Waals surface area contributed by atoms with E-state index in [0.717, 1.165) is 24.4 Å². The van der Waals surface area contributed by atoms with E-state index in [2.05, 4.69) is 32.7 Å². The number of hydrogen-bond donors (Lipinski definition) is 1. The second-order valence-electron chi connectivity index (χ2n) is 7.32. The molecule has 2 heterocycles. The second kappa shape index (κ2) is 5.92. The van der Waals surface area contributed by atoms with Gasteiger partial charge in [0.1, 0.15) is 0 Å². The Morgan fingerprint density at radius 3 is 2.11 bits per heavy atom. The number of rotatable bonds is 5. The van der Waals surface area contributed by atoms with Crippen LogP contribution in [0.3, 0.4) is 0 Å². The topological polar surface area (TPSA) is 23.5 Å². The molecule has 0 aromatic rings. The molecular weight excluding hydrogens is 222 g/mol. The minimum absolute atomic E-state index is 0.0597. The van der Waals surface area contributed by atoms with Crippen molar-refractivity contribution in [2.75, 3.05) is 7.05 Å². The Morgan fingerprint density at radius 2 is 1.61 bits per heavy atom. The molecule has 0 aliphatic carbocycles. The molecule has 0 spiro atoms. The minimum atomic E-state index is -0.0597. The first-order chi connectivity index (χ1) is 8.47. The molecular formula is C16H31NO. The Labute approximate surface area is 113 Å². The molecule has 0 aromatic carbocycles. The second-order valence-corrected chi connectivity index (χ2v) is 7.32. The molecule has 2 fully saturated rings. The molecule has 2 rings (SSSR count). The predicted octanol–water partition coefficient (Wildman–Crippen LogP) is 3.29. The Morgan fingerprint density at radius 1 is 1.06 bits per heavy atom. The van der Waals surface area contributed by atoms with Gasteiger partial charge in [0.25, 0.3) is 0 Å². The van der Waals surface area contributed by atoms with Gasteiger partial charge < -0.3 is 10.0 Å². The van der Waals surface area contributed by atoms with Crippen molar-refractivity contribution in [2.24, 2.45) is 17.8 Å². The third-order valence-corrected chi connectivity index (χ3v) is 5.20. The van der Waals surface area contributed by atoms with Crippen molar-refractivity contribution in [3.63, 3.8) is 0 Å². The van der Waals surface area contributed by atoms with Crippen LogP contribution >= 0.6 is 0 Å². The van der Waals surface area contributed by atoms with Crippen LogP contribution in [0.5, 0.6) is 0 Å². The fourth-order valence-corrected chi connectivity index (χ4v) is 4.27. The summed E-state index contributed by atoms with van der Waals surface area (Å²) in [5, 5.41) is 10.5. The van der Waals surface area contributed by atoms with Gasteiger partial charge >= 0.3 is 0 Å². The lowest BCUT2D eigenvalue weighted by Gasteiger charge is -2.39. The molecule has 2 nitrogen and oxygen atoms in total. The van der Waals surface area contributed by atoms with Gasteiger partial charge in [0.05, 0.1) is 6.10 Å². The normalized spacial score (nSPS) is 36.0. The van der Waals surface area contributed by atoms with Crippen molar-refractivity contribution >= 4 is 0 Å². The van der Waals surface area contributed by atoms with Gasteiger partial charge in [-0.05, 0) is 63.3 Å². The summed E-state index contributed by atoms with van der Waals surface area (Å²) in [5.41, 5.74) is 0. The van der Waals surface area contributed by atoms with Gasteiger partial charge in [0.15, 0.2) is 0 Å². The van der Waals surface area contributed by atoms with Crippen LogP contribution in [-0.2, 0) is 0 Å². The summed E-state index contributed by atoms with van der Waals surface area (Å²) in [7, 11) is 2.27. The number of fused-ring (bicyclic) bond motifs is 2. The van der Waals surface area contributed by atoms with Crippen LogP contribution in [0.4, 0.5) is 0 Å². The molecule has 2 bridgehead atoms. The standard InChI is InChI=1S/C16H31NO/c1-11(2)7-12(3)8-16(18)13-9-14-5-6-15(10-13)17(14)4/h11-16,18H,5-10H2,1-4H3. The van der Waals surface area contributed by atoms with Crippen molar-refractivity contribution in [2.45, 2.75) is 77.5 Å². The van der Waals surface area contributed by atoms with Crippen LogP contribution in [0.25, 0.3) is 0 Å². The van der Waals surface area contributed by atoms with E-state index in [1.807, 2.05) is 0 Å². The highest BCUT2D eigenvalue weighted by atomic mass is 16.3. The van der Waals surface area contributed by atoms with Gasteiger partial charge in [0.2, 0.25) is 0 Å². The van der Waals surface area contributed by atoms with Gasteiger partial charge in [-0.2, -0.15) is 0 Å². The molecule has 0 amide bonds. The van der Waals surface area contributed by atoms with E-state index in [-0.39, 0.29) is 6.10 Å². The van der Waals surface area contributed by atoms with E-state index in [9.17, 15) is 5.11 Å². The maximum Gasteiger partial charge on any atom is 0.0572 e. The number of nitrogens with zero attached hydrogens (tertiary/aromatic N) is 1. The van der Waals surface area contributed by atoms with Gasteiger partial charge in [-0.1, -0.05) is 20.8 Å². The average Bonchev–Trinajstić information content (AvgIpc) is 2.51. The third-order valence-electron chi connectivity index (χ3n) is 5.20. The zero-order valence-electron chi connectivity index (χ0n) is 12.6. The van der Waals surface area contributed by atoms with Crippen LogP contribution in [0.1, 0.15) is 59.3 Å². The first-order valence-electron chi connectivity index (χ1n) is 7.87. The van der Waals surface area contributed by atoms with E-state index >= 15 is 0 Å². The summed E-state index contributed by atoms with van der Waals surface area (Å²) in [5.74, 6) is 1.98. The van der Waals surface area contributed by atoms with Crippen molar-refractivity contribution in [3.05, 3.63) is 0 Å². The highest BCUT2D eigenvalue weighted by molar-refractivity contribution is 4.95. The summed E-state index contributed by atoms with van der Waals surface area (Å²) in [4.78, 5) is 2.56. The smallest absolute Gasteiger partial charge is 0.0572 e. The highest BCUT2D eigenvalue weighted by Crippen LogP contribution is 2.39. The first kappa shape index (κ1) is 14.3. The summed E-state index contributed by atoms with van der Waals surface area (Å²) in [6.45, 7) is 6.85. The van der Waals surface area contributed by atoms with Crippen molar-refractivity contribution in [1.29, 1.82) is 0 Å². The number of aliphatic hydroxyl groups is 1. The maximum atomic E-state index is 10.5. The van der Waals surface area contributed by atoms with E-state index in [1.165, 1.54) is 32.1 Å². The molecule has 18 heavy (non-hydrogen) atoms. The monoisotopic (exact) mass is 253 g/mol. The Kier molecular flexibility index (Phi) is 4.71. The molecule has 2 aliphatic heterocycles. The van der Waals surface area contributed by atoms with Crippen LogP contribution in [-0.4, -0.2) is 35.2 Å². The van der Waals surface area contributed by atoms with Gasteiger partial charge in [-0.25, -0.2) is 0 Å². The highest BCUT2D eigenvalue weighted by Gasteiger charge is 2.40. The quantitative estimate of drug-likeness (QED) is 0.812. The van der Waals surface area contributed by atoms with Crippen molar-refractivity contribution < 1.29 is 5.11 Å². The molecule has 2 aliphatic rings. The predicted molar refractivity (Wildman–Crippen MR) is 76.5 cm³/mol. The fraction of sp³-hybridized carbons (Fsp3) is 1.00. The van der Waals surface area contributed by atoms with E-state index in [1.54, 1.807) is 0 Å². The number of hydrogen-bond acceptors (Lipinski definition) is 2. The summed E-state index contributed by atoms with van der Waals surface area (Å²) in [6, 6.07) is 1.51. The lowest BCUT2D eigenvalue weighted by molar-refractivity contribution is 0.0223. The summed E-state index contributed by atoms with van der Waals surface area (Å²) in [6.07, 6.45) is 7.35. The Balaban J connectivity index is 1.81. The van der Waals surface area contributed by atoms with Crippen LogP contribution < -0.4 is 0 Å². The maximum absolute atomic E-state index is 10.5. The molecule has 0 radical (unpaired) electrons. The molecule has 1 N–H and O–H groups in total. The van der Waals surface area contributed by atoms with Crippen molar-refractivity contribution in [1.82, 2.24) is 4.90 Å². The minimum Gasteiger partial charge on any atom is -0.393 e. The van der Waals surface area contributed by atoms with Crippen LogP contribution in [0.15, 0.2) is 0 Å². The van der Waals surface area contributed by atoms with Gasteiger partial charge in [-0.15, -0.1) is 0 Å². The zero-order chi connectivity index (χ0) is 13.3. The van der Waals surface area contributed by atoms with Crippen LogP contribution in [0, 0.1) is 17.8 Å². The number of piperidine rings is 1. The largest absolute Gasteiger partial charge is 0.393 e. The lowest BCUT2D eigenvalue weighted by Crippen LogP contribution is -2.43. The summed E-state index contributed by atoms with van der Waals surface area (Å²) < 4.78 is 0. The molecule has 2 saturated heterocycles. The fourth-order valence-electron chi connectivity index (χ4n) is 4.27. The lowest BCUT2D eigenvalue weighted by atomic mass is 9.82. The average molecular weight is 253 g/mol.